The Morgan fingerprint density at radius 1 is 1.33 bits per heavy atom. The summed E-state index contributed by atoms with van der Waals surface area (Å²) in [7, 11) is 1.26. The van der Waals surface area contributed by atoms with E-state index in [4.69, 9.17) is 22.1 Å². The van der Waals surface area contributed by atoms with E-state index in [1.54, 1.807) is 24.3 Å². The van der Waals surface area contributed by atoms with Crippen molar-refractivity contribution >= 4 is 23.3 Å². The van der Waals surface area contributed by atoms with Gasteiger partial charge in [-0.05, 0) is 29.8 Å². The third-order valence-corrected chi connectivity index (χ3v) is 3.13. The number of ether oxygens (including phenoxy) is 2. The van der Waals surface area contributed by atoms with Gasteiger partial charge < -0.3 is 15.2 Å². The molecule has 0 bridgehead atoms. The lowest BCUT2D eigenvalue weighted by Crippen LogP contribution is -2.09. The molecule has 0 heterocycles. The van der Waals surface area contributed by atoms with Crippen molar-refractivity contribution in [1.29, 1.82) is 0 Å². The van der Waals surface area contributed by atoms with E-state index in [1.807, 2.05) is 0 Å². The number of nitrogen functional groups attached to an aromatic ring is 1. The molecule has 0 radical (unpaired) electrons. The molecule has 0 saturated heterocycles. The van der Waals surface area contributed by atoms with Crippen LogP contribution in [-0.4, -0.2) is 13.1 Å². The first kappa shape index (κ1) is 15.1. The molecule has 2 aromatic rings. The van der Waals surface area contributed by atoms with Gasteiger partial charge in [-0.1, -0.05) is 23.7 Å². The van der Waals surface area contributed by atoms with E-state index in [-0.39, 0.29) is 28.6 Å². The Labute approximate surface area is 126 Å². The number of nitrogens with two attached hydrogens (primary N) is 1. The van der Waals surface area contributed by atoms with Gasteiger partial charge in [-0.15, -0.1) is 0 Å². The van der Waals surface area contributed by atoms with Crippen LogP contribution in [0.4, 0.5) is 10.1 Å². The van der Waals surface area contributed by atoms with E-state index in [0.29, 0.717) is 5.56 Å². The van der Waals surface area contributed by atoms with Crippen LogP contribution in [0.15, 0.2) is 36.4 Å². The largest absolute Gasteiger partial charge is 0.488 e. The van der Waals surface area contributed by atoms with Crippen molar-refractivity contribution in [1.82, 2.24) is 0 Å². The number of methoxy groups -OCH3 is 1. The molecule has 4 nitrogen and oxygen atoms in total. The van der Waals surface area contributed by atoms with Gasteiger partial charge in [0.2, 0.25) is 0 Å². The number of carbonyl (C=O) groups excluding carboxylic acids is 1. The first-order chi connectivity index (χ1) is 10.0. The summed E-state index contributed by atoms with van der Waals surface area (Å²) in [6, 6.07) is 9.16. The zero-order chi connectivity index (χ0) is 15.4. The highest BCUT2D eigenvalue weighted by Crippen LogP contribution is 2.26. The molecule has 0 aromatic heterocycles. The summed E-state index contributed by atoms with van der Waals surface area (Å²) in [5, 5.41) is 0.0398. The number of halogens is 2. The summed E-state index contributed by atoms with van der Waals surface area (Å²) in [4.78, 5) is 11.7. The molecule has 21 heavy (non-hydrogen) atoms. The van der Waals surface area contributed by atoms with Crippen molar-refractivity contribution < 1.29 is 18.7 Å². The van der Waals surface area contributed by atoms with Crippen LogP contribution in [0.1, 0.15) is 15.9 Å². The standard InChI is InChI=1S/C15H13ClFNO3/c1-20-15(19)14-12(18)3-2-4-13(14)21-8-9-5-6-10(16)11(17)7-9/h2-7H,8,18H2,1H3. The third-order valence-electron chi connectivity index (χ3n) is 2.83. The van der Waals surface area contributed by atoms with Gasteiger partial charge in [0.05, 0.1) is 12.1 Å². The number of esters is 1. The number of hydrogen-bond donors (Lipinski definition) is 1. The topological polar surface area (TPSA) is 61.5 Å². The average Bonchev–Trinajstić information content (AvgIpc) is 2.48. The highest BCUT2D eigenvalue weighted by molar-refractivity contribution is 6.30. The van der Waals surface area contributed by atoms with Crippen LogP contribution in [0.25, 0.3) is 0 Å². The second-order valence-corrected chi connectivity index (χ2v) is 4.66. The SMILES string of the molecule is COC(=O)c1c(N)cccc1OCc1ccc(Cl)c(F)c1. The zero-order valence-corrected chi connectivity index (χ0v) is 12.0. The van der Waals surface area contributed by atoms with Gasteiger partial charge in [0.1, 0.15) is 23.7 Å². The van der Waals surface area contributed by atoms with Crippen molar-refractivity contribution in [2.45, 2.75) is 6.61 Å². The monoisotopic (exact) mass is 309 g/mol. The van der Waals surface area contributed by atoms with Gasteiger partial charge in [0, 0.05) is 5.69 Å². The predicted octanol–water partition coefficient (Wildman–Crippen LogP) is 3.43. The Morgan fingerprint density at radius 3 is 2.76 bits per heavy atom. The van der Waals surface area contributed by atoms with Crippen LogP contribution < -0.4 is 10.5 Å². The molecule has 0 aliphatic rings. The van der Waals surface area contributed by atoms with Crippen molar-refractivity contribution in [3.63, 3.8) is 0 Å². The Morgan fingerprint density at radius 2 is 2.10 bits per heavy atom. The molecule has 0 fully saturated rings. The lowest BCUT2D eigenvalue weighted by Gasteiger charge is -2.12. The first-order valence-electron chi connectivity index (χ1n) is 6.06. The minimum Gasteiger partial charge on any atom is -0.488 e. The molecule has 2 aromatic carbocycles. The van der Waals surface area contributed by atoms with Gasteiger partial charge >= 0.3 is 5.97 Å². The third kappa shape index (κ3) is 3.44. The first-order valence-corrected chi connectivity index (χ1v) is 6.44. The molecule has 2 N–H and O–H groups in total. The van der Waals surface area contributed by atoms with Gasteiger partial charge in [-0.25, -0.2) is 9.18 Å². The van der Waals surface area contributed by atoms with Gasteiger partial charge in [0.25, 0.3) is 0 Å². The van der Waals surface area contributed by atoms with E-state index in [2.05, 4.69) is 4.74 Å². The smallest absolute Gasteiger partial charge is 0.343 e. The second-order valence-electron chi connectivity index (χ2n) is 4.25. The van der Waals surface area contributed by atoms with Gasteiger partial charge in [-0.3, -0.25) is 0 Å². The highest BCUT2D eigenvalue weighted by atomic mass is 35.5. The number of carbonyl (C=O) groups is 1. The maximum Gasteiger partial charge on any atom is 0.343 e. The predicted molar refractivity (Wildman–Crippen MR) is 77.9 cm³/mol. The van der Waals surface area contributed by atoms with E-state index < -0.39 is 11.8 Å². The summed E-state index contributed by atoms with van der Waals surface area (Å²) in [6.45, 7) is 0.0710. The minimum absolute atomic E-state index is 0.0398. The molecule has 0 aliphatic carbocycles. The molecule has 0 spiro atoms. The zero-order valence-electron chi connectivity index (χ0n) is 11.2. The molecular weight excluding hydrogens is 297 g/mol. The minimum atomic E-state index is -0.592. The lowest BCUT2D eigenvalue weighted by atomic mass is 10.1. The fourth-order valence-corrected chi connectivity index (χ4v) is 1.90. The summed E-state index contributed by atoms with van der Waals surface area (Å²) in [5.41, 5.74) is 6.73. The van der Waals surface area contributed by atoms with Gasteiger partial charge in [0.15, 0.2) is 0 Å². The molecule has 6 heteroatoms. The molecular formula is C15H13ClFNO3. The highest BCUT2D eigenvalue weighted by Gasteiger charge is 2.16. The summed E-state index contributed by atoms with van der Waals surface area (Å²) in [5.74, 6) is -0.846. The molecule has 0 aliphatic heterocycles. The summed E-state index contributed by atoms with van der Waals surface area (Å²) < 4.78 is 23.5. The molecule has 0 unspecified atom stereocenters. The Hall–Kier alpha value is -2.27. The molecule has 110 valence electrons. The second kappa shape index (κ2) is 6.45. The van der Waals surface area contributed by atoms with E-state index in [1.165, 1.54) is 19.2 Å². The van der Waals surface area contributed by atoms with E-state index in [9.17, 15) is 9.18 Å². The summed E-state index contributed by atoms with van der Waals surface area (Å²) in [6.07, 6.45) is 0. The molecule has 0 amide bonds. The van der Waals surface area contributed by atoms with E-state index >= 15 is 0 Å². The van der Waals surface area contributed by atoms with Crippen LogP contribution in [0.5, 0.6) is 5.75 Å². The number of benzene rings is 2. The Balaban J connectivity index is 2.22. The number of rotatable bonds is 4. The van der Waals surface area contributed by atoms with Crippen LogP contribution >= 0.6 is 11.6 Å². The molecule has 0 saturated carbocycles. The maximum atomic E-state index is 13.3. The molecule has 0 atom stereocenters. The van der Waals surface area contributed by atoms with E-state index in [0.717, 1.165) is 0 Å². The van der Waals surface area contributed by atoms with Crippen LogP contribution in [0.3, 0.4) is 0 Å². The normalized spacial score (nSPS) is 10.2. The maximum absolute atomic E-state index is 13.3. The Kier molecular flexibility index (Phi) is 4.65. The number of hydrogen-bond acceptors (Lipinski definition) is 4. The van der Waals surface area contributed by atoms with Crippen LogP contribution in [0, 0.1) is 5.82 Å². The average molecular weight is 310 g/mol. The van der Waals surface area contributed by atoms with Gasteiger partial charge in [-0.2, -0.15) is 0 Å². The van der Waals surface area contributed by atoms with Crippen molar-refractivity contribution in [2.24, 2.45) is 0 Å². The number of anilines is 1. The summed E-state index contributed by atoms with van der Waals surface area (Å²) >= 11 is 5.61. The lowest BCUT2D eigenvalue weighted by molar-refractivity contribution is 0.0597. The fraction of sp³-hybridized carbons (Fsp3) is 0.133. The quantitative estimate of drug-likeness (QED) is 0.694. The van der Waals surface area contributed by atoms with Crippen molar-refractivity contribution in [3.8, 4) is 5.75 Å². The Bertz CT molecular complexity index is 676. The van der Waals surface area contributed by atoms with Crippen LogP contribution in [0.2, 0.25) is 5.02 Å². The van der Waals surface area contributed by atoms with Crippen LogP contribution in [-0.2, 0) is 11.3 Å². The van der Waals surface area contributed by atoms with Crippen molar-refractivity contribution in [3.05, 3.63) is 58.4 Å². The fourth-order valence-electron chi connectivity index (χ4n) is 1.78. The molecule has 2 rings (SSSR count). The van der Waals surface area contributed by atoms with Crippen molar-refractivity contribution in [2.75, 3.05) is 12.8 Å².